The van der Waals surface area contributed by atoms with Crippen LogP contribution in [0, 0.1) is 6.92 Å². The van der Waals surface area contributed by atoms with Crippen molar-refractivity contribution in [2.75, 3.05) is 14.1 Å². The molecule has 0 N–H and O–H groups in total. The summed E-state index contributed by atoms with van der Waals surface area (Å²) in [7, 11) is 3.96. The minimum atomic E-state index is 0. The van der Waals surface area contributed by atoms with Crippen LogP contribution in [-0.4, -0.2) is 29.3 Å². The van der Waals surface area contributed by atoms with Gasteiger partial charge in [-0.1, -0.05) is 10.3 Å². The number of hydrogen-bond acceptors (Lipinski definition) is 4. The van der Waals surface area contributed by atoms with Crippen molar-refractivity contribution in [1.29, 1.82) is 0 Å². The number of aromatic nitrogens is 2. The summed E-state index contributed by atoms with van der Waals surface area (Å²) in [5, 5.41) is 7.39. The topological polar surface area (TPSA) is 42.2 Å². The van der Waals surface area contributed by atoms with E-state index >= 15 is 0 Å². The van der Waals surface area contributed by atoms with Crippen molar-refractivity contribution < 1.29 is 4.63 Å². The molecule has 11 heavy (non-hydrogen) atoms. The van der Waals surface area contributed by atoms with E-state index in [2.05, 4.69) is 14.9 Å². The molecule has 0 aromatic carbocycles. The van der Waals surface area contributed by atoms with Gasteiger partial charge in [-0.2, -0.15) is 0 Å². The molecule has 0 aliphatic carbocycles. The largest absolute Gasteiger partial charge is 0.303 e. The van der Waals surface area contributed by atoms with Gasteiger partial charge in [0.05, 0.1) is 0 Å². The summed E-state index contributed by atoms with van der Waals surface area (Å²) < 4.78 is 4.52. The average molecular weight is 178 g/mol. The van der Waals surface area contributed by atoms with Gasteiger partial charge in [-0.25, -0.2) is 4.63 Å². The lowest BCUT2D eigenvalue weighted by Gasteiger charge is -2.04. The Morgan fingerprint density at radius 2 is 2.00 bits per heavy atom. The number of nitrogens with zero attached hydrogens (tertiary/aromatic N) is 3. The molecule has 64 valence electrons. The lowest BCUT2D eigenvalue weighted by atomic mass is 10.3. The molecule has 0 fully saturated rings. The highest BCUT2D eigenvalue weighted by Gasteiger charge is 2.04. The van der Waals surface area contributed by atoms with E-state index < -0.39 is 0 Å². The Bertz CT molecular complexity index is 211. The Kier molecular flexibility index (Phi) is 4.07. The number of rotatable bonds is 2. The van der Waals surface area contributed by atoms with E-state index in [-0.39, 0.29) is 12.4 Å². The Labute approximate surface area is 71.9 Å². The molecule has 0 amide bonds. The van der Waals surface area contributed by atoms with Crippen molar-refractivity contribution in [2.24, 2.45) is 0 Å². The van der Waals surface area contributed by atoms with E-state index in [0.717, 1.165) is 17.9 Å². The van der Waals surface area contributed by atoms with Crippen LogP contribution < -0.4 is 0 Å². The zero-order chi connectivity index (χ0) is 7.56. The fourth-order valence-electron chi connectivity index (χ4n) is 0.692. The second-order valence-electron chi connectivity index (χ2n) is 2.53. The summed E-state index contributed by atoms with van der Waals surface area (Å²) in [6.45, 7) is 2.67. The maximum Gasteiger partial charge on any atom is 0.122 e. The molecular weight excluding hydrogens is 166 g/mol. The van der Waals surface area contributed by atoms with Gasteiger partial charge in [0.2, 0.25) is 0 Å². The number of hydrogen-bond donors (Lipinski definition) is 0. The van der Waals surface area contributed by atoms with Crippen molar-refractivity contribution in [3.8, 4) is 0 Å². The third-order valence-corrected chi connectivity index (χ3v) is 1.21. The first-order valence-corrected chi connectivity index (χ1v) is 3.13. The quantitative estimate of drug-likeness (QED) is 0.672. The van der Waals surface area contributed by atoms with E-state index in [1.807, 2.05) is 25.9 Å². The molecule has 1 rings (SSSR count). The zero-order valence-electron chi connectivity index (χ0n) is 6.87. The second kappa shape index (κ2) is 4.31. The zero-order valence-corrected chi connectivity index (χ0v) is 7.68. The monoisotopic (exact) mass is 177 g/mol. The Morgan fingerprint density at radius 1 is 1.36 bits per heavy atom. The first-order valence-electron chi connectivity index (χ1n) is 3.13. The van der Waals surface area contributed by atoms with Crippen LogP contribution in [0.15, 0.2) is 4.63 Å². The molecular formula is C6H12ClN3O. The maximum absolute atomic E-state index is 4.52. The van der Waals surface area contributed by atoms with Crippen LogP contribution in [0.5, 0.6) is 0 Å². The molecule has 5 heteroatoms. The van der Waals surface area contributed by atoms with Gasteiger partial charge in [-0.15, -0.1) is 12.4 Å². The molecule has 1 aromatic heterocycles. The molecule has 4 nitrogen and oxygen atoms in total. The molecule has 0 spiro atoms. The van der Waals surface area contributed by atoms with Crippen molar-refractivity contribution in [3.05, 3.63) is 11.4 Å². The molecule has 0 saturated heterocycles. The summed E-state index contributed by atoms with van der Waals surface area (Å²) in [5.74, 6) is 0. The first-order chi connectivity index (χ1) is 4.70. The van der Waals surface area contributed by atoms with Crippen LogP contribution >= 0.6 is 12.4 Å². The molecule has 0 aliphatic rings. The Balaban J connectivity index is 0.000001000. The van der Waals surface area contributed by atoms with Gasteiger partial charge in [0.15, 0.2) is 0 Å². The lowest BCUT2D eigenvalue weighted by Crippen LogP contribution is -2.11. The summed E-state index contributed by atoms with van der Waals surface area (Å²) in [6.07, 6.45) is 0. The first kappa shape index (κ1) is 10.4. The van der Waals surface area contributed by atoms with E-state index in [1.165, 1.54) is 0 Å². The standard InChI is InChI=1S/C6H11N3O.ClH/c1-5-6(4-9(2)3)8-10-7-5;/h4H2,1-3H3;1H. The van der Waals surface area contributed by atoms with Crippen LogP contribution in [0.4, 0.5) is 0 Å². The molecule has 0 bridgehead atoms. The van der Waals surface area contributed by atoms with E-state index in [4.69, 9.17) is 0 Å². The van der Waals surface area contributed by atoms with Gasteiger partial charge in [-0.05, 0) is 21.0 Å². The van der Waals surface area contributed by atoms with Gasteiger partial charge >= 0.3 is 0 Å². The van der Waals surface area contributed by atoms with Crippen LogP contribution in [0.2, 0.25) is 0 Å². The summed E-state index contributed by atoms with van der Waals surface area (Å²) in [6, 6.07) is 0. The maximum atomic E-state index is 4.52. The molecule has 0 aliphatic heterocycles. The van der Waals surface area contributed by atoms with Crippen molar-refractivity contribution in [3.63, 3.8) is 0 Å². The molecule has 1 aromatic rings. The van der Waals surface area contributed by atoms with E-state index in [1.54, 1.807) is 0 Å². The highest BCUT2D eigenvalue weighted by Crippen LogP contribution is 2.01. The summed E-state index contributed by atoms with van der Waals surface area (Å²) >= 11 is 0. The fourth-order valence-corrected chi connectivity index (χ4v) is 0.692. The van der Waals surface area contributed by atoms with Crippen molar-refractivity contribution in [2.45, 2.75) is 13.5 Å². The average Bonchev–Trinajstić information content (AvgIpc) is 2.15. The van der Waals surface area contributed by atoms with E-state index in [0.29, 0.717) is 0 Å². The lowest BCUT2D eigenvalue weighted by molar-refractivity contribution is 0.293. The molecule has 0 atom stereocenters. The van der Waals surface area contributed by atoms with Crippen LogP contribution in [0.3, 0.4) is 0 Å². The Morgan fingerprint density at radius 3 is 2.36 bits per heavy atom. The van der Waals surface area contributed by atoms with Crippen LogP contribution in [0.25, 0.3) is 0 Å². The highest BCUT2D eigenvalue weighted by atomic mass is 35.5. The van der Waals surface area contributed by atoms with Gasteiger partial charge in [-0.3, -0.25) is 0 Å². The molecule has 0 unspecified atom stereocenters. The minimum Gasteiger partial charge on any atom is -0.303 e. The smallest absolute Gasteiger partial charge is 0.122 e. The van der Waals surface area contributed by atoms with Crippen LogP contribution in [-0.2, 0) is 6.54 Å². The minimum absolute atomic E-state index is 0. The van der Waals surface area contributed by atoms with Crippen LogP contribution in [0.1, 0.15) is 11.4 Å². The Hall–Kier alpha value is -0.610. The van der Waals surface area contributed by atoms with Gasteiger partial charge in [0.25, 0.3) is 0 Å². The summed E-state index contributed by atoms with van der Waals surface area (Å²) in [5.41, 5.74) is 1.78. The summed E-state index contributed by atoms with van der Waals surface area (Å²) in [4.78, 5) is 2.02. The van der Waals surface area contributed by atoms with Crippen molar-refractivity contribution in [1.82, 2.24) is 15.2 Å². The third kappa shape index (κ3) is 2.86. The SMILES string of the molecule is Cc1nonc1CN(C)C.Cl. The normalized spacial score (nSPS) is 9.82. The third-order valence-electron chi connectivity index (χ3n) is 1.21. The molecule has 0 radical (unpaired) electrons. The van der Waals surface area contributed by atoms with Gasteiger partial charge in [0, 0.05) is 6.54 Å². The number of aryl methyl sites for hydroxylation is 1. The predicted molar refractivity (Wildman–Crippen MR) is 43.7 cm³/mol. The fraction of sp³-hybridized carbons (Fsp3) is 0.667. The second-order valence-corrected chi connectivity index (χ2v) is 2.53. The predicted octanol–water partition coefficient (Wildman–Crippen LogP) is 0.861. The van der Waals surface area contributed by atoms with E-state index in [9.17, 15) is 0 Å². The van der Waals surface area contributed by atoms with Crippen molar-refractivity contribution >= 4 is 12.4 Å². The molecule has 1 heterocycles. The highest BCUT2D eigenvalue weighted by molar-refractivity contribution is 5.85. The van der Waals surface area contributed by atoms with Gasteiger partial charge < -0.3 is 4.90 Å². The van der Waals surface area contributed by atoms with Gasteiger partial charge in [0.1, 0.15) is 11.4 Å². The molecule has 0 saturated carbocycles. The number of halogens is 1.